The van der Waals surface area contributed by atoms with Gasteiger partial charge in [-0.05, 0) is 30.6 Å². The lowest BCUT2D eigenvalue weighted by atomic mass is 9.84. The molecule has 3 aromatic carbocycles. The van der Waals surface area contributed by atoms with Gasteiger partial charge in [-0.15, -0.1) is 0 Å². The minimum atomic E-state index is -0.342. The molecule has 0 radical (unpaired) electrons. The number of rotatable bonds is 3. The molecule has 2 fully saturated rings. The van der Waals surface area contributed by atoms with Crippen molar-refractivity contribution in [1.82, 2.24) is 10.3 Å². The Labute approximate surface area is 175 Å². The fourth-order valence-electron chi connectivity index (χ4n) is 4.63. The van der Waals surface area contributed by atoms with Gasteiger partial charge in [0, 0.05) is 24.2 Å². The van der Waals surface area contributed by atoms with Crippen molar-refractivity contribution in [2.24, 2.45) is 11.8 Å². The molecule has 0 spiro atoms. The summed E-state index contributed by atoms with van der Waals surface area (Å²) in [5.41, 5.74) is 4.93. The van der Waals surface area contributed by atoms with Gasteiger partial charge in [-0.25, -0.2) is 10.4 Å². The summed E-state index contributed by atoms with van der Waals surface area (Å²) in [5, 5.41) is 6.82. The maximum absolute atomic E-state index is 13.3. The van der Waals surface area contributed by atoms with Gasteiger partial charge in [-0.3, -0.25) is 9.59 Å². The van der Waals surface area contributed by atoms with E-state index in [4.69, 9.17) is 0 Å². The molecular formula is C24H24N4O2. The predicted molar refractivity (Wildman–Crippen MR) is 118 cm³/mol. The third-order valence-corrected chi connectivity index (χ3v) is 6.10. The Morgan fingerprint density at radius 1 is 0.967 bits per heavy atom. The van der Waals surface area contributed by atoms with E-state index in [0.717, 1.165) is 22.1 Å². The Hall–Kier alpha value is -3.22. The number of carbonyl (C=O) groups excluding carboxylic acids is 2. The maximum Gasteiger partial charge on any atom is 0.247 e. The van der Waals surface area contributed by atoms with Crippen LogP contribution in [0.4, 0.5) is 11.4 Å². The number of para-hydroxylation sites is 1. The molecule has 5 rings (SSSR count). The van der Waals surface area contributed by atoms with Crippen molar-refractivity contribution in [3.63, 3.8) is 0 Å². The Morgan fingerprint density at radius 3 is 2.53 bits per heavy atom. The number of nitrogens with one attached hydrogen (secondary N) is 2. The zero-order valence-electron chi connectivity index (χ0n) is 16.8. The summed E-state index contributed by atoms with van der Waals surface area (Å²) in [6.45, 7) is 1.23. The monoisotopic (exact) mass is 400 g/mol. The van der Waals surface area contributed by atoms with Crippen molar-refractivity contribution in [2.75, 3.05) is 30.5 Å². The van der Waals surface area contributed by atoms with Gasteiger partial charge >= 0.3 is 0 Å². The number of anilines is 2. The van der Waals surface area contributed by atoms with E-state index in [9.17, 15) is 9.59 Å². The second kappa shape index (κ2) is 7.55. The van der Waals surface area contributed by atoms with Crippen LogP contribution >= 0.6 is 0 Å². The smallest absolute Gasteiger partial charge is 0.247 e. The topological polar surface area (TPSA) is 64.7 Å². The molecule has 3 atom stereocenters. The number of amides is 2. The normalized spacial score (nSPS) is 24.1. The van der Waals surface area contributed by atoms with Gasteiger partial charge in [0.25, 0.3) is 0 Å². The number of benzene rings is 3. The van der Waals surface area contributed by atoms with Crippen LogP contribution in [0, 0.1) is 11.8 Å². The number of carbonyl (C=O) groups is 2. The quantitative estimate of drug-likeness (QED) is 0.710. The number of hydrogen-bond acceptors (Lipinski definition) is 4. The van der Waals surface area contributed by atoms with Crippen molar-refractivity contribution < 1.29 is 9.59 Å². The molecule has 2 aliphatic heterocycles. The van der Waals surface area contributed by atoms with Crippen LogP contribution in [0.15, 0.2) is 72.8 Å². The van der Waals surface area contributed by atoms with Crippen LogP contribution in [0.25, 0.3) is 10.8 Å². The van der Waals surface area contributed by atoms with Crippen LogP contribution in [-0.4, -0.2) is 42.9 Å². The summed E-state index contributed by atoms with van der Waals surface area (Å²) in [7, 11) is 1.97. The lowest BCUT2D eigenvalue weighted by Crippen LogP contribution is -2.55. The average Bonchev–Trinajstić information content (AvgIpc) is 3.10. The SMILES string of the molecule is CN1CC(C(=O)Nc2cccc3ccccc23)C2NN(c3ccccc3)C(=O)C2C1. The number of hydrogen-bond donors (Lipinski definition) is 2. The van der Waals surface area contributed by atoms with E-state index < -0.39 is 0 Å². The second-order valence-corrected chi connectivity index (χ2v) is 8.11. The summed E-state index contributed by atoms with van der Waals surface area (Å²) >= 11 is 0. The lowest BCUT2D eigenvalue weighted by Gasteiger charge is -2.36. The van der Waals surface area contributed by atoms with Crippen molar-refractivity contribution >= 4 is 34.0 Å². The highest BCUT2D eigenvalue weighted by Gasteiger charge is 2.50. The molecule has 2 aliphatic rings. The third kappa shape index (κ3) is 3.24. The minimum absolute atomic E-state index is 0.0145. The van der Waals surface area contributed by atoms with Gasteiger partial charge in [0.05, 0.1) is 23.6 Å². The Bertz CT molecular complexity index is 1100. The van der Waals surface area contributed by atoms with E-state index in [-0.39, 0.29) is 29.7 Å². The first-order valence-electron chi connectivity index (χ1n) is 10.2. The molecule has 2 amide bonds. The zero-order chi connectivity index (χ0) is 20.7. The molecule has 0 aromatic heterocycles. The van der Waals surface area contributed by atoms with Gasteiger partial charge in [0.1, 0.15) is 0 Å². The summed E-state index contributed by atoms with van der Waals surface area (Å²) in [6.07, 6.45) is 0. The molecule has 3 unspecified atom stereocenters. The largest absolute Gasteiger partial charge is 0.325 e. The zero-order valence-corrected chi connectivity index (χ0v) is 16.8. The maximum atomic E-state index is 13.3. The van der Waals surface area contributed by atoms with Gasteiger partial charge < -0.3 is 10.2 Å². The Balaban J connectivity index is 1.42. The van der Waals surface area contributed by atoms with Crippen molar-refractivity contribution in [1.29, 1.82) is 0 Å². The fourth-order valence-corrected chi connectivity index (χ4v) is 4.63. The molecule has 2 heterocycles. The third-order valence-electron chi connectivity index (χ3n) is 6.10. The first-order chi connectivity index (χ1) is 14.6. The van der Waals surface area contributed by atoms with Gasteiger partial charge in [0.2, 0.25) is 11.8 Å². The van der Waals surface area contributed by atoms with Crippen LogP contribution in [0.3, 0.4) is 0 Å². The highest BCUT2D eigenvalue weighted by atomic mass is 16.2. The number of fused-ring (bicyclic) bond motifs is 2. The number of nitrogens with zero attached hydrogens (tertiary/aromatic N) is 2. The molecular weight excluding hydrogens is 376 g/mol. The Morgan fingerprint density at radius 2 is 1.70 bits per heavy atom. The molecule has 2 N–H and O–H groups in total. The first-order valence-corrected chi connectivity index (χ1v) is 10.2. The molecule has 152 valence electrons. The van der Waals surface area contributed by atoms with E-state index >= 15 is 0 Å². The summed E-state index contributed by atoms with van der Waals surface area (Å²) < 4.78 is 0. The van der Waals surface area contributed by atoms with Gasteiger partial charge in [-0.1, -0.05) is 54.6 Å². The predicted octanol–water partition coefficient (Wildman–Crippen LogP) is 2.88. The molecule has 0 bridgehead atoms. The van der Waals surface area contributed by atoms with Crippen LogP contribution in [0.2, 0.25) is 0 Å². The highest BCUT2D eigenvalue weighted by molar-refractivity contribution is 6.04. The molecule has 6 heteroatoms. The van der Waals surface area contributed by atoms with E-state index in [1.165, 1.54) is 0 Å². The van der Waals surface area contributed by atoms with Crippen molar-refractivity contribution in [2.45, 2.75) is 6.04 Å². The molecule has 0 saturated carbocycles. The molecule has 3 aromatic rings. The second-order valence-electron chi connectivity index (χ2n) is 8.11. The lowest BCUT2D eigenvalue weighted by molar-refractivity contribution is -0.125. The minimum Gasteiger partial charge on any atom is -0.325 e. The fraction of sp³-hybridized carbons (Fsp3) is 0.250. The van der Waals surface area contributed by atoms with Crippen LogP contribution in [0.5, 0.6) is 0 Å². The van der Waals surface area contributed by atoms with Gasteiger partial charge in [0.15, 0.2) is 0 Å². The van der Waals surface area contributed by atoms with E-state index in [0.29, 0.717) is 13.1 Å². The Kier molecular flexibility index (Phi) is 4.73. The number of piperidine rings is 1. The first kappa shape index (κ1) is 18.8. The van der Waals surface area contributed by atoms with Gasteiger partial charge in [-0.2, -0.15) is 0 Å². The summed E-state index contributed by atoms with van der Waals surface area (Å²) in [5.74, 6) is -0.651. The van der Waals surface area contributed by atoms with Crippen LogP contribution in [-0.2, 0) is 9.59 Å². The molecule has 0 aliphatic carbocycles. The van der Waals surface area contributed by atoms with E-state index in [1.54, 1.807) is 5.01 Å². The van der Waals surface area contributed by atoms with E-state index in [2.05, 4.69) is 15.6 Å². The average molecular weight is 400 g/mol. The standard InChI is InChI=1S/C24H24N4O2/c1-27-14-19(23(29)25-21-13-7-9-16-8-5-6-12-18(16)21)22-20(15-27)24(30)28(26-22)17-10-3-2-4-11-17/h2-13,19-20,22,26H,14-15H2,1H3,(H,25,29). The number of likely N-dealkylation sites (tertiary alicyclic amines) is 1. The molecule has 30 heavy (non-hydrogen) atoms. The molecule has 2 saturated heterocycles. The molecule has 6 nitrogen and oxygen atoms in total. The summed E-state index contributed by atoms with van der Waals surface area (Å²) in [4.78, 5) is 28.5. The van der Waals surface area contributed by atoms with Crippen molar-refractivity contribution in [3.05, 3.63) is 72.8 Å². The van der Waals surface area contributed by atoms with Crippen LogP contribution < -0.4 is 15.8 Å². The number of hydrazine groups is 1. The summed E-state index contributed by atoms with van der Waals surface area (Å²) in [6, 6.07) is 23.2. The van der Waals surface area contributed by atoms with E-state index in [1.807, 2.05) is 79.8 Å². The van der Waals surface area contributed by atoms with Crippen molar-refractivity contribution in [3.8, 4) is 0 Å². The van der Waals surface area contributed by atoms with Crippen LogP contribution in [0.1, 0.15) is 0 Å². The highest BCUT2D eigenvalue weighted by Crippen LogP contribution is 2.32.